The summed E-state index contributed by atoms with van der Waals surface area (Å²) in [5, 5.41) is 0. The number of amides is 1. The molecule has 1 fully saturated rings. The number of nitrogens with zero attached hydrogens (tertiary/aromatic N) is 6. The molecule has 0 saturated carbocycles. The zero-order valence-electron chi connectivity index (χ0n) is 17.9. The summed E-state index contributed by atoms with van der Waals surface area (Å²) in [7, 11) is 0. The summed E-state index contributed by atoms with van der Waals surface area (Å²) in [4.78, 5) is 31.6. The van der Waals surface area contributed by atoms with Gasteiger partial charge in [0.1, 0.15) is 18.3 Å². The van der Waals surface area contributed by atoms with Crippen LogP contribution in [0.2, 0.25) is 0 Å². The fourth-order valence-corrected chi connectivity index (χ4v) is 4.20. The van der Waals surface area contributed by atoms with Crippen LogP contribution in [0.5, 0.6) is 0 Å². The molecule has 0 aliphatic carbocycles. The number of halogens is 2. The van der Waals surface area contributed by atoms with Crippen molar-refractivity contribution in [3.63, 3.8) is 0 Å². The van der Waals surface area contributed by atoms with Crippen LogP contribution in [-0.4, -0.2) is 59.8 Å². The molecule has 5 rings (SSSR count). The third kappa shape index (κ3) is 4.52. The van der Waals surface area contributed by atoms with Gasteiger partial charge < -0.3 is 14.7 Å². The zero-order valence-corrected chi connectivity index (χ0v) is 17.9. The second kappa shape index (κ2) is 8.93. The highest BCUT2D eigenvalue weighted by Gasteiger charge is 2.24. The predicted octanol–water partition coefficient (Wildman–Crippen LogP) is 3.11. The van der Waals surface area contributed by atoms with E-state index in [0.717, 1.165) is 5.69 Å². The summed E-state index contributed by atoms with van der Waals surface area (Å²) in [5.41, 5.74) is 2.47. The number of fused-ring (bicyclic) bond motifs is 1. The van der Waals surface area contributed by atoms with Gasteiger partial charge in [-0.2, -0.15) is 0 Å². The number of benzene rings is 2. The van der Waals surface area contributed by atoms with Crippen molar-refractivity contribution in [2.75, 3.05) is 42.6 Å². The molecule has 9 heteroatoms. The molecule has 2 aliphatic rings. The van der Waals surface area contributed by atoms with Crippen molar-refractivity contribution in [2.24, 2.45) is 4.99 Å². The highest BCUT2D eigenvalue weighted by molar-refractivity contribution is 5.94. The number of rotatable bonds is 4. The van der Waals surface area contributed by atoms with Gasteiger partial charge in [-0.25, -0.2) is 18.7 Å². The lowest BCUT2D eigenvalue weighted by Crippen LogP contribution is -2.49. The van der Waals surface area contributed by atoms with Crippen molar-refractivity contribution in [3.05, 3.63) is 83.2 Å². The van der Waals surface area contributed by atoms with Gasteiger partial charge in [0.2, 0.25) is 5.95 Å². The van der Waals surface area contributed by atoms with Crippen molar-refractivity contribution < 1.29 is 13.6 Å². The van der Waals surface area contributed by atoms with E-state index in [9.17, 15) is 13.6 Å². The normalized spacial score (nSPS) is 15.5. The van der Waals surface area contributed by atoms with Crippen molar-refractivity contribution in [1.82, 2.24) is 14.9 Å². The first-order valence-electron chi connectivity index (χ1n) is 10.7. The van der Waals surface area contributed by atoms with E-state index in [1.54, 1.807) is 41.7 Å². The molecule has 2 aromatic carbocycles. The minimum atomic E-state index is -0.466. The lowest BCUT2D eigenvalue weighted by Gasteiger charge is -2.34. The Morgan fingerprint density at radius 1 is 0.939 bits per heavy atom. The molecule has 1 amide bonds. The molecule has 0 radical (unpaired) electrons. The molecule has 0 unspecified atom stereocenters. The molecular formula is C24H22F2N6O. The second-order valence-corrected chi connectivity index (χ2v) is 8.03. The summed E-state index contributed by atoms with van der Waals surface area (Å²) >= 11 is 0. The minimum absolute atomic E-state index is 0.205. The monoisotopic (exact) mass is 448 g/mol. The number of aliphatic imine (C=N–C) groups is 1. The molecule has 0 bridgehead atoms. The Morgan fingerprint density at radius 2 is 1.73 bits per heavy atom. The summed E-state index contributed by atoms with van der Waals surface area (Å²) in [6.45, 7) is 2.95. The van der Waals surface area contributed by atoms with Crippen LogP contribution >= 0.6 is 0 Å². The topological polar surface area (TPSA) is 64.9 Å². The van der Waals surface area contributed by atoms with Gasteiger partial charge in [0, 0.05) is 68.1 Å². The van der Waals surface area contributed by atoms with Crippen LogP contribution in [-0.2, 0) is 6.54 Å². The minimum Gasteiger partial charge on any atom is -0.347 e. The van der Waals surface area contributed by atoms with Gasteiger partial charge in [0.25, 0.3) is 5.91 Å². The maximum Gasteiger partial charge on any atom is 0.254 e. The second-order valence-electron chi connectivity index (χ2n) is 8.03. The molecule has 2 aliphatic heterocycles. The van der Waals surface area contributed by atoms with Gasteiger partial charge in [-0.3, -0.25) is 9.79 Å². The smallest absolute Gasteiger partial charge is 0.254 e. The average Bonchev–Trinajstić information content (AvgIpc) is 2.84. The maximum atomic E-state index is 14.4. The van der Waals surface area contributed by atoms with Crippen LogP contribution in [0.4, 0.5) is 20.4 Å². The predicted molar refractivity (Wildman–Crippen MR) is 122 cm³/mol. The average molecular weight is 448 g/mol. The number of hydrogen-bond donors (Lipinski definition) is 0. The molecule has 33 heavy (non-hydrogen) atoms. The molecular weight excluding hydrogens is 426 g/mol. The Labute approximate surface area is 190 Å². The molecule has 0 spiro atoms. The molecule has 1 saturated heterocycles. The van der Waals surface area contributed by atoms with Crippen LogP contribution in [0, 0.1) is 11.6 Å². The molecule has 3 aromatic rings. The SMILES string of the molecule is O=C(c1cc(F)cc(CN2CN=Cc3cc(F)ccc32)c1)N1CCN(c2ncccn2)CC1. The summed E-state index contributed by atoms with van der Waals surface area (Å²) in [6, 6.07) is 10.7. The third-order valence-electron chi connectivity index (χ3n) is 5.79. The van der Waals surface area contributed by atoms with E-state index >= 15 is 0 Å². The molecule has 1 aromatic heterocycles. The molecule has 0 N–H and O–H groups in total. The van der Waals surface area contributed by atoms with Crippen LogP contribution < -0.4 is 9.80 Å². The van der Waals surface area contributed by atoms with Crippen molar-refractivity contribution in [2.45, 2.75) is 6.54 Å². The van der Waals surface area contributed by atoms with Crippen LogP contribution in [0.1, 0.15) is 21.5 Å². The first-order chi connectivity index (χ1) is 16.1. The lowest BCUT2D eigenvalue weighted by molar-refractivity contribution is 0.0745. The van der Waals surface area contributed by atoms with Crippen molar-refractivity contribution in [1.29, 1.82) is 0 Å². The number of hydrogen-bond acceptors (Lipinski definition) is 6. The largest absolute Gasteiger partial charge is 0.347 e. The van der Waals surface area contributed by atoms with Gasteiger partial charge in [0.05, 0.1) is 0 Å². The number of carbonyl (C=O) groups excluding carboxylic acids is 1. The van der Waals surface area contributed by atoms with E-state index in [1.165, 1.54) is 24.3 Å². The Balaban J connectivity index is 1.29. The quantitative estimate of drug-likeness (QED) is 0.614. The van der Waals surface area contributed by atoms with Gasteiger partial charge in [-0.1, -0.05) is 0 Å². The summed E-state index contributed by atoms with van der Waals surface area (Å²) in [5.74, 6) is -0.364. The van der Waals surface area contributed by atoms with E-state index < -0.39 is 5.82 Å². The number of anilines is 2. The van der Waals surface area contributed by atoms with E-state index in [0.29, 0.717) is 62.0 Å². The van der Waals surface area contributed by atoms with Crippen LogP contribution in [0.15, 0.2) is 59.9 Å². The van der Waals surface area contributed by atoms with Crippen molar-refractivity contribution >= 4 is 23.8 Å². The van der Waals surface area contributed by atoms with E-state index in [4.69, 9.17) is 0 Å². The molecule has 168 valence electrons. The number of carbonyl (C=O) groups is 1. The Hall–Kier alpha value is -3.88. The van der Waals surface area contributed by atoms with Gasteiger partial charge in [-0.05, 0) is 48.0 Å². The molecule has 7 nitrogen and oxygen atoms in total. The highest BCUT2D eigenvalue weighted by atomic mass is 19.1. The third-order valence-corrected chi connectivity index (χ3v) is 5.79. The Morgan fingerprint density at radius 3 is 2.52 bits per heavy atom. The summed E-state index contributed by atoms with van der Waals surface area (Å²) in [6.07, 6.45) is 5.02. The van der Waals surface area contributed by atoms with E-state index in [-0.39, 0.29) is 11.7 Å². The van der Waals surface area contributed by atoms with Crippen molar-refractivity contribution in [3.8, 4) is 0 Å². The molecule has 0 atom stereocenters. The maximum absolute atomic E-state index is 14.4. The number of piperazine rings is 1. The van der Waals surface area contributed by atoms with Crippen LogP contribution in [0.25, 0.3) is 0 Å². The first-order valence-corrected chi connectivity index (χ1v) is 10.7. The van der Waals surface area contributed by atoms with Gasteiger partial charge in [0.15, 0.2) is 0 Å². The molecule has 3 heterocycles. The fourth-order valence-electron chi connectivity index (χ4n) is 4.20. The van der Waals surface area contributed by atoms with E-state index in [1.807, 2.05) is 9.80 Å². The standard InChI is InChI=1S/C24H22F2N6O/c25-20-2-3-22-19(13-20)14-27-16-32(22)15-17-10-18(12-21(26)11-17)23(33)30-6-8-31(9-7-30)24-28-4-1-5-29-24/h1-5,10-14H,6-9,15-16H2. The summed E-state index contributed by atoms with van der Waals surface area (Å²) < 4.78 is 28.0. The van der Waals surface area contributed by atoms with Gasteiger partial charge >= 0.3 is 0 Å². The Kier molecular flexibility index (Phi) is 5.68. The number of aromatic nitrogens is 2. The van der Waals surface area contributed by atoms with Gasteiger partial charge in [-0.15, -0.1) is 0 Å². The Bertz CT molecular complexity index is 1190. The van der Waals surface area contributed by atoms with E-state index in [2.05, 4.69) is 15.0 Å². The first kappa shape index (κ1) is 21.0. The lowest BCUT2D eigenvalue weighted by atomic mass is 10.1. The fraction of sp³-hybridized carbons (Fsp3) is 0.250. The highest BCUT2D eigenvalue weighted by Crippen LogP contribution is 2.26. The zero-order chi connectivity index (χ0) is 22.8. The van der Waals surface area contributed by atoms with Crippen LogP contribution in [0.3, 0.4) is 0 Å².